The fourth-order valence-electron chi connectivity index (χ4n) is 2.49. The quantitative estimate of drug-likeness (QED) is 0.861. The Morgan fingerprint density at radius 2 is 2.05 bits per heavy atom. The second-order valence-corrected chi connectivity index (χ2v) is 5.41. The molecule has 1 aromatic heterocycles. The van der Waals surface area contributed by atoms with Gasteiger partial charge in [0, 0.05) is 18.2 Å². The number of benzene rings is 1. The van der Waals surface area contributed by atoms with Gasteiger partial charge in [-0.3, -0.25) is 4.90 Å². The van der Waals surface area contributed by atoms with Gasteiger partial charge in [0.1, 0.15) is 0 Å². The van der Waals surface area contributed by atoms with E-state index in [9.17, 15) is 0 Å². The van der Waals surface area contributed by atoms with Crippen LogP contribution in [0.5, 0.6) is 0 Å². The van der Waals surface area contributed by atoms with Crippen LogP contribution in [-0.2, 0) is 11.3 Å². The lowest BCUT2D eigenvalue weighted by Gasteiger charge is -2.35. The molecule has 0 saturated carbocycles. The number of hydrogen-bond donors (Lipinski definition) is 0. The molecule has 1 aliphatic heterocycles. The molecule has 0 N–H and O–H groups in total. The number of ether oxygens (including phenoxy) is 1. The zero-order chi connectivity index (χ0) is 13.9. The van der Waals surface area contributed by atoms with Gasteiger partial charge in [-0.2, -0.15) is 0 Å². The minimum atomic E-state index is 0.273. The fraction of sp³-hybridized carbons (Fsp3) is 0.438. The molecule has 106 valence electrons. The Labute approximate surface area is 119 Å². The van der Waals surface area contributed by atoms with E-state index in [-0.39, 0.29) is 6.10 Å². The fourth-order valence-corrected chi connectivity index (χ4v) is 2.49. The maximum absolute atomic E-state index is 5.86. The molecule has 1 fully saturated rings. The normalized spacial score (nSPS) is 23.9. The monoisotopic (exact) mass is 272 g/mol. The van der Waals surface area contributed by atoms with Crippen LogP contribution in [0.1, 0.15) is 19.7 Å². The summed E-state index contributed by atoms with van der Waals surface area (Å²) in [6, 6.07) is 10.5. The van der Waals surface area contributed by atoms with Crippen molar-refractivity contribution in [3.05, 3.63) is 42.4 Å². The van der Waals surface area contributed by atoms with E-state index in [4.69, 9.17) is 9.15 Å². The van der Waals surface area contributed by atoms with Crippen molar-refractivity contribution in [2.75, 3.05) is 13.2 Å². The Bertz CT molecular complexity index is 553. The molecule has 4 nitrogen and oxygen atoms in total. The molecule has 0 aliphatic carbocycles. The van der Waals surface area contributed by atoms with Gasteiger partial charge >= 0.3 is 0 Å². The Morgan fingerprint density at radius 1 is 1.25 bits per heavy atom. The lowest BCUT2D eigenvalue weighted by molar-refractivity contribution is -0.0550. The van der Waals surface area contributed by atoms with E-state index < -0.39 is 0 Å². The molecule has 1 aliphatic rings. The maximum atomic E-state index is 5.86. The summed E-state index contributed by atoms with van der Waals surface area (Å²) in [5.41, 5.74) is 1.06. The van der Waals surface area contributed by atoms with Crippen LogP contribution in [-0.4, -0.2) is 35.2 Å². The highest BCUT2D eigenvalue weighted by Gasteiger charge is 2.24. The molecule has 0 bridgehead atoms. The van der Waals surface area contributed by atoms with Gasteiger partial charge < -0.3 is 9.15 Å². The minimum absolute atomic E-state index is 0.273. The van der Waals surface area contributed by atoms with Crippen LogP contribution in [0.15, 0.2) is 40.9 Å². The van der Waals surface area contributed by atoms with E-state index in [0.29, 0.717) is 6.04 Å². The topological polar surface area (TPSA) is 38.5 Å². The summed E-state index contributed by atoms with van der Waals surface area (Å²) in [7, 11) is 0. The first-order valence-electron chi connectivity index (χ1n) is 7.08. The predicted octanol–water partition coefficient (Wildman–Crippen LogP) is 2.95. The smallest absolute Gasteiger partial charge is 0.209 e. The molecule has 0 unspecified atom stereocenters. The lowest BCUT2D eigenvalue weighted by atomic mass is 10.2. The van der Waals surface area contributed by atoms with E-state index >= 15 is 0 Å². The van der Waals surface area contributed by atoms with Crippen LogP contribution in [0.3, 0.4) is 0 Å². The number of oxazole rings is 1. The second-order valence-electron chi connectivity index (χ2n) is 5.41. The molecule has 0 radical (unpaired) electrons. The molecule has 2 aromatic rings. The minimum Gasteiger partial charge on any atom is -0.439 e. The Morgan fingerprint density at radius 3 is 2.85 bits per heavy atom. The van der Waals surface area contributed by atoms with E-state index in [1.807, 2.05) is 30.3 Å². The van der Waals surface area contributed by atoms with Crippen molar-refractivity contribution in [2.45, 2.75) is 32.5 Å². The summed E-state index contributed by atoms with van der Waals surface area (Å²) < 4.78 is 11.5. The zero-order valence-electron chi connectivity index (χ0n) is 12.0. The largest absolute Gasteiger partial charge is 0.439 e. The van der Waals surface area contributed by atoms with Gasteiger partial charge in [-0.25, -0.2) is 4.98 Å². The molecule has 0 spiro atoms. The molecule has 0 amide bonds. The Hall–Kier alpha value is -1.65. The van der Waals surface area contributed by atoms with E-state index in [2.05, 4.69) is 23.7 Å². The van der Waals surface area contributed by atoms with Gasteiger partial charge in [-0.1, -0.05) is 30.3 Å². The molecule has 1 saturated heterocycles. The van der Waals surface area contributed by atoms with Gasteiger partial charge in [0.05, 0.1) is 25.5 Å². The molecule has 1 aromatic carbocycles. The number of morpholine rings is 1. The van der Waals surface area contributed by atoms with Crippen molar-refractivity contribution in [3.8, 4) is 11.3 Å². The van der Waals surface area contributed by atoms with Gasteiger partial charge in [0.25, 0.3) is 0 Å². The van der Waals surface area contributed by atoms with Gasteiger partial charge in [-0.05, 0) is 13.8 Å². The van der Waals surface area contributed by atoms with Crippen molar-refractivity contribution < 1.29 is 9.15 Å². The standard InChI is InChI=1S/C16H20N2O2/c1-12-11-19-13(2)9-18(12)10-16-17-8-15(20-16)14-6-4-3-5-7-14/h3-8,12-13H,9-11H2,1-2H3/t12-,13-/m0/s1. The first-order chi connectivity index (χ1) is 9.72. The van der Waals surface area contributed by atoms with E-state index in [1.54, 1.807) is 6.20 Å². The van der Waals surface area contributed by atoms with Gasteiger partial charge in [-0.15, -0.1) is 0 Å². The third-order valence-electron chi connectivity index (χ3n) is 3.69. The van der Waals surface area contributed by atoms with E-state index in [0.717, 1.165) is 36.9 Å². The maximum Gasteiger partial charge on any atom is 0.209 e. The summed E-state index contributed by atoms with van der Waals surface area (Å²) in [6.07, 6.45) is 2.08. The second kappa shape index (κ2) is 5.77. The van der Waals surface area contributed by atoms with Crippen molar-refractivity contribution in [2.24, 2.45) is 0 Å². The first kappa shape index (κ1) is 13.3. The summed E-state index contributed by atoms with van der Waals surface area (Å²) in [5.74, 6) is 1.60. The molecule has 2 heterocycles. The first-order valence-corrected chi connectivity index (χ1v) is 7.08. The third kappa shape index (κ3) is 2.92. The Kier molecular flexibility index (Phi) is 3.85. The summed E-state index contributed by atoms with van der Waals surface area (Å²) in [4.78, 5) is 6.75. The van der Waals surface area contributed by atoms with Crippen molar-refractivity contribution in [3.63, 3.8) is 0 Å². The highest BCUT2D eigenvalue weighted by Crippen LogP contribution is 2.21. The number of hydrogen-bond acceptors (Lipinski definition) is 4. The zero-order valence-corrected chi connectivity index (χ0v) is 12.0. The number of nitrogens with zero attached hydrogens (tertiary/aromatic N) is 2. The van der Waals surface area contributed by atoms with E-state index in [1.165, 1.54) is 0 Å². The van der Waals surface area contributed by atoms with Crippen LogP contribution in [0.4, 0.5) is 0 Å². The molecular weight excluding hydrogens is 252 g/mol. The summed E-state index contributed by atoms with van der Waals surface area (Å²) >= 11 is 0. The third-order valence-corrected chi connectivity index (χ3v) is 3.69. The summed E-state index contributed by atoms with van der Waals surface area (Å²) in [5, 5.41) is 0. The van der Waals surface area contributed by atoms with Crippen molar-refractivity contribution >= 4 is 0 Å². The molecule has 4 heteroatoms. The Balaban J connectivity index is 1.71. The lowest BCUT2D eigenvalue weighted by Crippen LogP contribution is -2.46. The molecule has 2 atom stereocenters. The van der Waals surface area contributed by atoms with Crippen LogP contribution >= 0.6 is 0 Å². The molecule has 3 rings (SSSR count). The average molecular weight is 272 g/mol. The van der Waals surface area contributed by atoms with Crippen molar-refractivity contribution in [1.29, 1.82) is 0 Å². The number of aromatic nitrogens is 1. The number of rotatable bonds is 3. The van der Waals surface area contributed by atoms with Crippen molar-refractivity contribution in [1.82, 2.24) is 9.88 Å². The highest BCUT2D eigenvalue weighted by atomic mass is 16.5. The van der Waals surface area contributed by atoms with Crippen LogP contribution in [0, 0.1) is 0 Å². The molecular formula is C16H20N2O2. The predicted molar refractivity (Wildman–Crippen MR) is 77.2 cm³/mol. The van der Waals surface area contributed by atoms with Crippen LogP contribution in [0.2, 0.25) is 0 Å². The van der Waals surface area contributed by atoms with Crippen LogP contribution < -0.4 is 0 Å². The highest BCUT2D eigenvalue weighted by molar-refractivity contribution is 5.55. The van der Waals surface area contributed by atoms with Crippen LogP contribution in [0.25, 0.3) is 11.3 Å². The van der Waals surface area contributed by atoms with Gasteiger partial charge in [0.15, 0.2) is 5.76 Å². The SMILES string of the molecule is C[C@H]1CN(Cc2ncc(-c3ccccc3)o2)[C@@H](C)CO1. The summed E-state index contributed by atoms with van der Waals surface area (Å²) in [6.45, 7) is 6.70. The molecule has 20 heavy (non-hydrogen) atoms. The average Bonchev–Trinajstić information content (AvgIpc) is 2.92. The van der Waals surface area contributed by atoms with Gasteiger partial charge in [0.2, 0.25) is 5.89 Å².